The Hall–Kier alpha value is -0.450. The van der Waals surface area contributed by atoms with Crippen molar-refractivity contribution in [3.8, 4) is 0 Å². The molecular weight excluding hydrogens is 158 g/mol. The molecule has 12 heavy (non-hydrogen) atoms. The third-order valence-corrected chi connectivity index (χ3v) is 2.43. The van der Waals surface area contributed by atoms with Crippen LogP contribution in [-0.2, 0) is 14.3 Å². The second-order valence-electron chi connectivity index (χ2n) is 3.40. The first-order valence-corrected chi connectivity index (χ1v) is 3.97. The molecule has 1 heterocycles. The average Bonchev–Trinajstić information content (AvgIpc) is 2.34. The first-order valence-electron chi connectivity index (χ1n) is 3.97. The van der Waals surface area contributed by atoms with Gasteiger partial charge in [0.1, 0.15) is 6.61 Å². The predicted octanol–water partition coefficient (Wildman–Crippen LogP) is -0.434. The van der Waals surface area contributed by atoms with Crippen molar-refractivity contribution in [1.82, 2.24) is 0 Å². The van der Waals surface area contributed by atoms with Gasteiger partial charge >= 0.3 is 0 Å². The molecular formula is C8H15NO3. The highest BCUT2D eigenvalue weighted by atomic mass is 16.5. The molecule has 1 rings (SSSR count). The van der Waals surface area contributed by atoms with E-state index < -0.39 is 5.41 Å². The van der Waals surface area contributed by atoms with Crippen LogP contribution in [0.2, 0.25) is 0 Å². The van der Waals surface area contributed by atoms with Crippen LogP contribution in [0.25, 0.3) is 0 Å². The summed E-state index contributed by atoms with van der Waals surface area (Å²) in [6, 6.07) is -0.194. The lowest BCUT2D eigenvalue weighted by molar-refractivity contribution is -0.132. The third kappa shape index (κ3) is 1.50. The molecule has 0 aliphatic carbocycles. The van der Waals surface area contributed by atoms with Crippen molar-refractivity contribution in [2.45, 2.75) is 13.0 Å². The van der Waals surface area contributed by atoms with Crippen LogP contribution >= 0.6 is 0 Å². The number of methoxy groups -OCH3 is 1. The van der Waals surface area contributed by atoms with E-state index in [9.17, 15) is 4.79 Å². The first-order chi connectivity index (χ1) is 5.61. The summed E-state index contributed by atoms with van der Waals surface area (Å²) in [5, 5.41) is 0. The van der Waals surface area contributed by atoms with Gasteiger partial charge in [-0.1, -0.05) is 0 Å². The Morgan fingerprint density at radius 3 is 2.92 bits per heavy atom. The lowest BCUT2D eigenvalue weighted by atomic mass is 9.82. The molecule has 0 radical (unpaired) electrons. The molecule has 0 saturated carbocycles. The van der Waals surface area contributed by atoms with Gasteiger partial charge in [-0.15, -0.1) is 0 Å². The standard InChI is InChI=1S/C8H15NO3/c1-8(7(10)4-11-2)5-12-3-6(8)9/h6H,3-5,9H2,1-2H3. The predicted molar refractivity (Wildman–Crippen MR) is 43.8 cm³/mol. The minimum atomic E-state index is -0.546. The van der Waals surface area contributed by atoms with Gasteiger partial charge in [0.25, 0.3) is 0 Å². The van der Waals surface area contributed by atoms with Crippen molar-refractivity contribution < 1.29 is 14.3 Å². The maximum atomic E-state index is 11.5. The number of rotatable bonds is 3. The molecule has 2 unspecified atom stereocenters. The smallest absolute Gasteiger partial charge is 0.168 e. The number of nitrogens with two attached hydrogens (primary N) is 1. The summed E-state index contributed by atoms with van der Waals surface area (Å²) < 4.78 is 9.91. The van der Waals surface area contributed by atoms with E-state index in [0.717, 1.165) is 0 Å². The van der Waals surface area contributed by atoms with E-state index in [0.29, 0.717) is 13.2 Å². The molecule has 0 spiro atoms. The molecule has 0 amide bonds. The van der Waals surface area contributed by atoms with E-state index in [1.165, 1.54) is 7.11 Å². The van der Waals surface area contributed by atoms with E-state index in [4.69, 9.17) is 15.2 Å². The zero-order chi connectivity index (χ0) is 9.19. The minimum Gasteiger partial charge on any atom is -0.379 e. The molecule has 1 saturated heterocycles. The van der Waals surface area contributed by atoms with E-state index in [2.05, 4.69) is 0 Å². The lowest BCUT2D eigenvalue weighted by Crippen LogP contribution is -2.45. The highest BCUT2D eigenvalue weighted by molar-refractivity contribution is 5.86. The number of carbonyl (C=O) groups is 1. The van der Waals surface area contributed by atoms with Crippen LogP contribution < -0.4 is 5.73 Å². The van der Waals surface area contributed by atoms with E-state index >= 15 is 0 Å². The van der Waals surface area contributed by atoms with Gasteiger partial charge in [0, 0.05) is 13.2 Å². The Labute approximate surface area is 72.0 Å². The van der Waals surface area contributed by atoms with Crippen LogP contribution in [0.4, 0.5) is 0 Å². The molecule has 1 aliphatic heterocycles. The van der Waals surface area contributed by atoms with Crippen molar-refractivity contribution in [2.24, 2.45) is 11.1 Å². The summed E-state index contributed by atoms with van der Waals surface area (Å²) in [6.45, 7) is 2.82. The van der Waals surface area contributed by atoms with E-state index in [1.54, 1.807) is 0 Å². The fourth-order valence-corrected chi connectivity index (χ4v) is 1.27. The molecule has 0 aromatic carbocycles. The molecule has 2 N–H and O–H groups in total. The fourth-order valence-electron chi connectivity index (χ4n) is 1.27. The van der Waals surface area contributed by atoms with Crippen LogP contribution in [0.1, 0.15) is 6.92 Å². The van der Waals surface area contributed by atoms with Crippen molar-refractivity contribution in [1.29, 1.82) is 0 Å². The maximum absolute atomic E-state index is 11.5. The summed E-state index contributed by atoms with van der Waals surface area (Å²) >= 11 is 0. The molecule has 0 aromatic heterocycles. The number of hydrogen-bond donors (Lipinski definition) is 1. The monoisotopic (exact) mass is 173 g/mol. The van der Waals surface area contributed by atoms with Gasteiger partial charge in [-0.2, -0.15) is 0 Å². The largest absolute Gasteiger partial charge is 0.379 e. The summed E-state index contributed by atoms with van der Waals surface area (Å²) in [4.78, 5) is 11.5. The maximum Gasteiger partial charge on any atom is 0.168 e. The first kappa shape index (κ1) is 9.64. The second-order valence-corrected chi connectivity index (χ2v) is 3.40. The normalized spacial score (nSPS) is 35.4. The van der Waals surface area contributed by atoms with Crippen molar-refractivity contribution in [3.63, 3.8) is 0 Å². The Balaban J connectivity index is 2.63. The van der Waals surface area contributed by atoms with Gasteiger partial charge in [0.2, 0.25) is 0 Å². The van der Waals surface area contributed by atoms with Gasteiger partial charge in [0.05, 0.1) is 18.6 Å². The van der Waals surface area contributed by atoms with Crippen LogP contribution in [0.5, 0.6) is 0 Å². The number of ether oxygens (including phenoxy) is 2. The Kier molecular flexibility index (Phi) is 2.82. The molecule has 1 aliphatic rings. The number of ketones is 1. The fraction of sp³-hybridized carbons (Fsp3) is 0.875. The van der Waals surface area contributed by atoms with Gasteiger partial charge < -0.3 is 15.2 Å². The highest BCUT2D eigenvalue weighted by Crippen LogP contribution is 2.27. The van der Waals surface area contributed by atoms with Crippen LogP contribution in [0.3, 0.4) is 0 Å². The van der Waals surface area contributed by atoms with Crippen LogP contribution in [0, 0.1) is 5.41 Å². The summed E-state index contributed by atoms with van der Waals surface area (Å²) in [7, 11) is 1.50. The highest BCUT2D eigenvalue weighted by Gasteiger charge is 2.43. The van der Waals surface area contributed by atoms with Gasteiger partial charge in [-0.25, -0.2) is 0 Å². The number of Topliss-reactive ketones (excluding diaryl/α,β-unsaturated/α-hetero) is 1. The van der Waals surface area contributed by atoms with Crippen molar-refractivity contribution in [2.75, 3.05) is 26.9 Å². The van der Waals surface area contributed by atoms with Crippen molar-refractivity contribution >= 4 is 5.78 Å². The minimum absolute atomic E-state index is 0.0231. The summed E-state index contributed by atoms with van der Waals surface area (Å²) in [6.07, 6.45) is 0. The zero-order valence-electron chi connectivity index (χ0n) is 7.50. The Morgan fingerprint density at radius 1 is 1.83 bits per heavy atom. The van der Waals surface area contributed by atoms with E-state index in [1.807, 2.05) is 6.92 Å². The summed E-state index contributed by atoms with van der Waals surface area (Å²) in [5.41, 5.74) is 5.20. The third-order valence-electron chi connectivity index (χ3n) is 2.43. The Bertz CT molecular complexity index is 183. The van der Waals surface area contributed by atoms with Gasteiger partial charge in [0.15, 0.2) is 5.78 Å². The number of hydrogen-bond acceptors (Lipinski definition) is 4. The molecule has 4 nitrogen and oxygen atoms in total. The molecule has 1 fully saturated rings. The molecule has 0 bridgehead atoms. The van der Waals surface area contributed by atoms with Gasteiger partial charge in [-0.3, -0.25) is 4.79 Å². The zero-order valence-corrected chi connectivity index (χ0v) is 7.50. The number of carbonyl (C=O) groups excluding carboxylic acids is 1. The van der Waals surface area contributed by atoms with E-state index in [-0.39, 0.29) is 18.4 Å². The van der Waals surface area contributed by atoms with Crippen LogP contribution in [-0.4, -0.2) is 38.8 Å². The lowest BCUT2D eigenvalue weighted by Gasteiger charge is -2.24. The SMILES string of the molecule is COCC(=O)C1(C)COCC1N. The van der Waals surface area contributed by atoms with Crippen LogP contribution in [0.15, 0.2) is 0 Å². The molecule has 70 valence electrons. The quantitative estimate of drug-likeness (QED) is 0.629. The topological polar surface area (TPSA) is 61.5 Å². The summed E-state index contributed by atoms with van der Waals surface area (Å²) in [5.74, 6) is 0.0231. The average molecular weight is 173 g/mol. The molecule has 0 aromatic rings. The molecule has 2 atom stereocenters. The Morgan fingerprint density at radius 2 is 2.50 bits per heavy atom. The molecule has 4 heteroatoms. The van der Waals surface area contributed by atoms with Gasteiger partial charge in [-0.05, 0) is 6.92 Å². The van der Waals surface area contributed by atoms with Crippen molar-refractivity contribution in [3.05, 3.63) is 0 Å². The second kappa shape index (κ2) is 3.51.